The van der Waals surface area contributed by atoms with Crippen LogP contribution in [0.2, 0.25) is 0 Å². The molecule has 3 unspecified atom stereocenters. The van der Waals surface area contributed by atoms with Crippen LogP contribution in [0.5, 0.6) is 0 Å². The molecule has 0 radical (unpaired) electrons. The van der Waals surface area contributed by atoms with Gasteiger partial charge in [0.2, 0.25) is 0 Å². The lowest BCUT2D eigenvalue weighted by atomic mass is 9.82. The zero-order valence-corrected chi connectivity index (χ0v) is 8.62. The Morgan fingerprint density at radius 2 is 2.38 bits per heavy atom. The van der Waals surface area contributed by atoms with E-state index in [-0.39, 0.29) is 12.0 Å². The Kier molecular flexibility index (Phi) is 3.71. The molecule has 0 bridgehead atoms. The molecule has 78 valence electrons. The quantitative estimate of drug-likeness (QED) is 0.687. The van der Waals surface area contributed by atoms with Crippen molar-refractivity contribution >= 4 is 0 Å². The van der Waals surface area contributed by atoms with Crippen molar-refractivity contribution in [2.45, 2.75) is 44.8 Å². The largest absolute Gasteiger partial charge is 0.387 e. The summed E-state index contributed by atoms with van der Waals surface area (Å²) in [6, 6.07) is 0. The predicted molar refractivity (Wildman–Crippen MR) is 52.4 cm³/mol. The van der Waals surface area contributed by atoms with Gasteiger partial charge in [0.25, 0.3) is 0 Å². The van der Waals surface area contributed by atoms with Crippen LogP contribution >= 0.6 is 0 Å². The highest BCUT2D eigenvalue weighted by atomic mass is 16.5. The summed E-state index contributed by atoms with van der Waals surface area (Å²) in [6.45, 7) is 5.12. The van der Waals surface area contributed by atoms with Crippen molar-refractivity contribution in [3.63, 3.8) is 0 Å². The first kappa shape index (κ1) is 11.0. The fourth-order valence-corrected chi connectivity index (χ4v) is 2.14. The molecular formula is C10H21NO2. The Balaban J connectivity index is 2.55. The molecule has 0 amide bonds. The molecule has 3 heteroatoms. The summed E-state index contributed by atoms with van der Waals surface area (Å²) in [4.78, 5) is 0. The standard InChI is InChI=1S/C10H21NO2/c1-3-4-9(6-11)10(12)5-8(2)13-7-10/h8-9,12H,3-7,11H2,1-2H3. The van der Waals surface area contributed by atoms with Gasteiger partial charge in [0, 0.05) is 12.3 Å². The van der Waals surface area contributed by atoms with Crippen molar-refractivity contribution in [2.75, 3.05) is 13.2 Å². The third kappa shape index (κ3) is 2.42. The molecule has 0 aliphatic carbocycles. The first-order valence-corrected chi connectivity index (χ1v) is 5.16. The number of hydrogen-bond donors (Lipinski definition) is 2. The molecule has 0 aromatic heterocycles. The Bertz CT molecular complexity index is 163. The first-order chi connectivity index (χ1) is 6.12. The topological polar surface area (TPSA) is 55.5 Å². The van der Waals surface area contributed by atoms with Gasteiger partial charge >= 0.3 is 0 Å². The Morgan fingerprint density at radius 1 is 1.69 bits per heavy atom. The van der Waals surface area contributed by atoms with Gasteiger partial charge in [-0.1, -0.05) is 13.3 Å². The molecule has 1 heterocycles. The molecule has 0 saturated carbocycles. The molecule has 0 aromatic rings. The lowest BCUT2D eigenvalue weighted by molar-refractivity contribution is -0.0262. The van der Waals surface area contributed by atoms with Crippen LogP contribution in [0.1, 0.15) is 33.1 Å². The summed E-state index contributed by atoms with van der Waals surface area (Å²) < 4.78 is 5.39. The SMILES string of the molecule is CCCC(CN)C1(O)COC(C)C1. The summed E-state index contributed by atoms with van der Waals surface area (Å²) >= 11 is 0. The summed E-state index contributed by atoms with van der Waals surface area (Å²) in [6.07, 6.45) is 2.96. The van der Waals surface area contributed by atoms with Crippen LogP contribution in [0.15, 0.2) is 0 Å². The average Bonchev–Trinajstić information content (AvgIpc) is 2.43. The second-order valence-corrected chi connectivity index (χ2v) is 4.15. The number of rotatable bonds is 4. The summed E-state index contributed by atoms with van der Waals surface area (Å²) in [5, 5.41) is 10.2. The van der Waals surface area contributed by atoms with E-state index in [4.69, 9.17) is 10.5 Å². The van der Waals surface area contributed by atoms with Crippen LogP contribution in [-0.2, 0) is 4.74 Å². The van der Waals surface area contributed by atoms with Crippen LogP contribution in [0.4, 0.5) is 0 Å². The van der Waals surface area contributed by atoms with Crippen molar-refractivity contribution in [3.8, 4) is 0 Å². The zero-order chi connectivity index (χ0) is 9.90. The highest BCUT2D eigenvalue weighted by molar-refractivity contribution is 4.92. The monoisotopic (exact) mass is 187 g/mol. The van der Waals surface area contributed by atoms with E-state index in [9.17, 15) is 5.11 Å². The Morgan fingerprint density at radius 3 is 2.77 bits per heavy atom. The van der Waals surface area contributed by atoms with Gasteiger partial charge in [-0.3, -0.25) is 0 Å². The van der Waals surface area contributed by atoms with Gasteiger partial charge in [0.05, 0.1) is 18.3 Å². The highest BCUT2D eigenvalue weighted by Gasteiger charge is 2.41. The fourth-order valence-electron chi connectivity index (χ4n) is 2.14. The minimum atomic E-state index is -0.663. The summed E-state index contributed by atoms with van der Waals surface area (Å²) in [5.41, 5.74) is 4.99. The van der Waals surface area contributed by atoms with Crippen molar-refractivity contribution in [2.24, 2.45) is 11.7 Å². The van der Waals surface area contributed by atoms with Crippen LogP contribution < -0.4 is 5.73 Å². The third-order valence-electron chi connectivity index (χ3n) is 2.94. The lowest BCUT2D eigenvalue weighted by Crippen LogP contribution is -2.42. The predicted octanol–water partition coefficient (Wildman–Crippen LogP) is 0.901. The second kappa shape index (κ2) is 4.40. The molecule has 3 nitrogen and oxygen atoms in total. The van der Waals surface area contributed by atoms with Crippen molar-refractivity contribution < 1.29 is 9.84 Å². The minimum absolute atomic E-state index is 0.177. The number of nitrogens with two attached hydrogens (primary N) is 1. The molecule has 3 atom stereocenters. The first-order valence-electron chi connectivity index (χ1n) is 5.16. The molecule has 1 saturated heterocycles. The molecule has 13 heavy (non-hydrogen) atoms. The smallest absolute Gasteiger partial charge is 0.0944 e. The molecule has 0 spiro atoms. The van der Waals surface area contributed by atoms with Gasteiger partial charge in [-0.15, -0.1) is 0 Å². The summed E-state index contributed by atoms with van der Waals surface area (Å²) in [5.74, 6) is 0.197. The van der Waals surface area contributed by atoms with Crippen LogP contribution in [-0.4, -0.2) is 30.0 Å². The maximum atomic E-state index is 10.2. The molecule has 1 aliphatic rings. The molecule has 1 fully saturated rings. The van der Waals surface area contributed by atoms with Gasteiger partial charge in [-0.25, -0.2) is 0 Å². The van der Waals surface area contributed by atoms with Gasteiger partial charge in [0.1, 0.15) is 0 Å². The van der Waals surface area contributed by atoms with E-state index in [1.807, 2.05) is 6.92 Å². The Hall–Kier alpha value is -0.120. The summed E-state index contributed by atoms with van der Waals surface area (Å²) in [7, 11) is 0. The third-order valence-corrected chi connectivity index (χ3v) is 2.94. The zero-order valence-electron chi connectivity index (χ0n) is 8.62. The average molecular weight is 187 g/mol. The Labute approximate surface area is 80.3 Å². The number of ether oxygens (including phenoxy) is 1. The van der Waals surface area contributed by atoms with E-state index >= 15 is 0 Å². The van der Waals surface area contributed by atoms with Crippen LogP contribution in [0.3, 0.4) is 0 Å². The van der Waals surface area contributed by atoms with E-state index < -0.39 is 5.60 Å². The fraction of sp³-hybridized carbons (Fsp3) is 1.00. The van der Waals surface area contributed by atoms with Gasteiger partial charge in [0.15, 0.2) is 0 Å². The van der Waals surface area contributed by atoms with Gasteiger partial charge < -0.3 is 15.6 Å². The van der Waals surface area contributed by atoms with E-state index in [1.54, 1.807) is 0 Å². The van der Waals surface area contributed by atoms with Crippen molar-refractivity contribution in [1.29, 1.82) is 0 Å². The lowest BCUT2D eigenvalue weighted by Gasteiger charge is -2.30. The van der Waals surface area contributed by atoms with Gasteiger partial charge in [-0.05, 0) is 19.9 Å². The van der Waals surface area contributed by atoms with Gasteiger partial charge in [-0.2, -0.15) is 0 Å². The number of aliphatic hydroxyl groups is 1. The van der Waals surface area contributed by atoms with Crippen molar-refractivity contribution in [3.05, 3.63) is 0 Å². The van der Waals surface area contributed by atoms with E-state index in [1.165, 1.54) is 0 Å². The molecule has 1 rings (SSSR count). The normalized spacial score (nSPS) is 36.5. The van der Waals surface area contributed by atoms with E-state index in [0.717, 1.165) is 19.3 Å². The molecule has 3 N–H and O–H groups in total. The van der Waals surface area contributed by atoms with Crippen molar-refractivity contribution in [1.82, 2.24) is 0 Å². The number of hydrogen-bond acceptors (Lipinski definition) is 3. The highest BCUT2D eigenvalue weighted by Crippen LogP contribution is 2.32. The van der Waals surface area contributed by atoms with E-state index in [0.29, 0.717) is 13.2 Å². The maximum Gasteiger partial charge on any atom is 0.0944 e. The van der Waals surface area contributed by atoms with Crippen LogP contribution in [0, 0.1) is 5.92 Å². The van der Waals surface area contributed by atoms with Crippen LogP contribution in [0.25, 0.3) is 0 Å². The minimum Gasteiger partial charge on any atom is -0.387 e. The van der Waals surface area contributed by atoms with E-state index in [2.05, 4.69) is 6.92 Å². The molecular weight excluding hydrogens is 166 g/mol. The maximum absolute atomic E-state index is 10.2. The molecule has 0 aromatic carbocycles. The second-order valence-electron chi connectivity index (χ2n) is 4.15. The molecule has 1 aliphatic heterocycles.